The predicted octanol–water partition coefficient (Wildman–Crippen LogP) is 6.16. The van der Waals surface area contributed by atoms with Crippen LogP contribution in [0.4, 0.5) is 0 Å². The molecule has 192 valence electrons. The van der Waals surface area contributed by atoms with Crippen LogP contribution in [0.3, 0.4) is 0 Å². The largest absolute Gasteiger partial charge is 0.492 e. The van der Waals surface area contributed by atoms with Crippen molar-refractivity contribution >= 4 is 5.97 Å². The van der Waals surface area contributed by atoms with Gasteiger partial charge in [0.1, 0.15) is 29.5 Å². The second-order valence-electron chi connectivity index (χ2n) is 10.4. The van der Waals surface area contributed by atoms with Crippen molar-refractivity contribution in [1.82, 2.24) is 0 Å². The summed E-state index contributed by atoms with van der Waals surface area (Å²) >= 11 is 0. The molecule has 1 fully saturated rings. The molecule has 0 aromatic heterocycles. The number of carbonyl (C=O) groups is 1. The van der Waals surface area contributed by atoms with Gasteiger partial charge in [0.15, 0.2) is 0 Å². The van der Waals surface area contributed by atoms with Gasteiger partial charge in [0, 0.05) is 24.0 Å². The average Bonchev–Trinajstić information content (AvgIpc) is 3.60. The average molecular weight is 501 g/mol. The Morgan fingerprint density at radius 3 is 2.57 bits per heavy atom. The van der Waals surface area contributed by atoms with E-state index in [0.717, 1.165) is 48.7 Å². The van der Waals surface area contributed by atoms with Gasteiger partial charge in [-0.25, -0.2) is 0 Å². The van der Waals surface area contributed by atoms with E-state index in [4.69, 9.17) is 24.1 Å². The van der Waals surface area contributed by atoms with E-state index < -0.39 is 5.97 Å². The van der Waals surface area contributed by atoms with Gasteiger partial charge in [-0.3, -0.25) is 4.79 Å². The minimum Gasteiger partial charge on any atom is -0.492 e. The van der Waals surface area contributed by atoms with Crippen LogP contribution in [0.25, 0.3) is 11.1 Å². The second kappa shape index (κ2) is 9.75. The van der Waals surface area contributed by atoms with E-state index in [1.165, 1.54) is 33.4 Å². The third-order valence-electron chi connectivity index (χ3n) is 7.75. The standard InChI is InChI=1S/C31H32O6/c1-18-12-23(36-22-10-11-34-17-22)13-19(2)31(18)27-5-3-4-26-25(27)8-9-28(26)37-21-6-7-24-20(14-30(32)33)16-35-29(24)15-21/h3-7,12-13,15,20,22,28H,8-11,14,16-17H2,1-2H3,(H,32,33)/t20-,22-,28-/m1/s1. The zero-order valence-corrected chi connectivity index (χ0v) is 21.3. The third-order valence-corrected chi connectivity index (χ3v) is 7.75. The van der Waals surface area contributed by atoms with Gasteiger partial charge in [-0.2, -0.15) is 0 Å². The molecule has 2 aliphatic heterocycles. The summed E-state index contributed by atoms with van der Waals surface area (Å²) < 4.78 is 23.9. The number of carboxylic acids is 1. The van der Waals surface area contributed by atoms with E-state index in [-0.39, 0.29) is 24.5 Å². The van der Waals surface area contributed by atoms with Gasteiger partial charge in [-0.05, 0) is 78.3 Å². The van der Waals surface area contributed by atoms with Crippen molar-refractivity contribution in [2.45, 2.75) is 57.7 Å². The van der Waals surface area contributed by atoms with Crippen LogP contribution in [-0.4, -0.2) is 37.0 Å². The number of benzene rings is 3. The van der Waals surface area contributed by atoms with Gasteiger partial charge >= 0.3 is 5.97 Å². The molecule has 37 heavy (non-hydrogen) atoms. The Hall–Kier alpha value is -3.51. The maximum Gasteiger partial charge on any atom is 0.304 e. The lowest BCUT2D eigenvalue weighted by atomic mass is 9.90. The SMILES string of the molecule is Cc1cc(O[C@@H]2CCOC2)cc(C)c1-c1cccc2c1CC[C@H]2Oc1ccc2c(c1)OC[C@H]2CC(=O)O. The summed E-state index contributed by atoms with van der Waals surface area (Å²) in [4.78, 5) is 11.1. The number of aryl methyl sites for hydroxylation is 2. The molecular formula is C31H32O6. The van der Waals surface area contributed by atoms with Crippen LogP contribution in [0, 0.1) is 13.8 Å². The Balaban J connectivity index is 1.23. The van der Waals surface area contributed by atoms with Crippen molar-refractivity contribution in [3.05, 3.63) is 76.3 Å². The van der Waals surface area contributed by atoms with Crippen LogP contribution >= 0.6 is 0 Å². The summed E-state index contributed by atoms with van der Waals surface area (Å²) in [6, 6.07) is 16.6. The molecule has 1 aliphatic carbocycles. The van der Waals surface area contributed by atoms with E-state index in [1.807, 2.05) is 18.2 Å². The van der Waals surface area contributed by atoms with Crippen LogP contribution in [-0.2, 0) is 16.0 Å². The summed E-state index contributed by atoms with van der Waals surface area (Å²) in [6.07, 6.45) is 2.98. The molecule has 6 rings (SSSR count). The first-order valence-corrected chi connectivity index (χ1v) is 13.1. The Morgan fingerprint density at radius 1 is 0.973 bits per heavy atom. The molecule has 0 amide bonds. The van der Waals surface area contributed by atoms with E-state index >= 15 is 0 Å². The quantitative estimate of drug-likeness (QED) is 0.419. The van der Waals surface area contributed by atoms with E-state index in [1.54, 1.807) is 0 Å². The first-order chi connectivity index (χ1) is 18.0. The summed E-state index contributed by atoms with van der Waals surface area (Å²) in [5.41, 5.74) is 8.46. The molecule has 1 N–H and O–H groups in total. The fourth-order valence-electron chi connectivity index (χ4n) is 6.06. The number of ether oxygens (including phenoxy) is 4. The number of fused-ring (bicyclic) bond motifs is 2. The normalized spacial score (nSPS) is 21.8. The van der Waals surface area contributed by atoms with Crippen molar-refractivity contribution in [2.75, 3.05) is 19.8 Å². The maximum atomic E-state index is 11.1. The van der Waals surface area contributed by atoms with Crippen molar-refractivity contribution < 1.29 is 28.8 Å². The van der Waals surface area contributed by atoms with Crippen LogP contribution in [0.5, 0.6) is 17.2 Å². The molecule has 3 aromatic carbocycles. The Labute approximate surface area is 217 Å². The van der Waals surface area contributed by atoms with Gasteiger partial charge < -0.3 is 24.1 Å². The minimum absolute atomic E-state index is 0.0326. The van der Waals surface area contributed by atoms with Crippen molar-refractivity contribution in [3.8, 4) is 28.4 Å². The van der Waals surface area contributed by atoms with Gasteiger partial charge in [0.05, 0.1) is 26.2 Å². The van der Waals surface area contributed by atoms with Crippen LogP contribution in [0.1, 0.15) is 59.1 Å². The molecule has 1 saturated heterocycles. The molecule has 0 unspecified atom stereocenters. The zero-order valence-electron chi connectivity index (χ0n) is 21.3. The van der Waals surface area contributed by atoms with Gasteiger partial charge in [0.2, 0.25) is 0 Å². The van der Waals surface area contributed by atoms with Gasteiger partial charge in [0.25, 0.3) is 0 Å². The van der Waals surface area contributed by atoms with E-state index in [9.17, 15) is 4.79 Å². The molecule has 0 saturated carbocycles. The number of aliphatic carboxylic acids is 1. The summed E-state index contributed by atoms with van der Waals surface area (Å²) in [5.74, 6) is 1.48. The second-order valence-corrected chi connectivity index (χ2v) is 10.4. The molecule has 2 heterocycles. The molecule has 3 aromatic rings. The van der Waals surface area contributed by atoms with E-state index in [2.05, 4.69) is 44.2 Å². The van der Waals surface area contributed by atoms with Crippen molar-refractivity contribution in [2.24, 2.45) is 0 Å². The molecule has 6 nitrogen and oxygen atoms in total. The van der Waals surface area contributed by atoms with Crippen LogP contribution in [0.2, 0.25) is 0 Å². The summed E-state index contributed by atoms with van der Waals surface area (Å²) in [6.45, 7) is 6.14. The summed E-state index contributed by atoms with van der Waals surface area (Å²) in [7, 11) is 0. The maximum absolute atomic E-state index is 11.1. The monoisotopic (exact) mass is 500 g/mol. The highest BCUT2D eigenvalue weighted by Crippen LogP contribution is 2.44. The number of rotatable bonds is 7. The Morgan fingerprint density at radius 2 is 1.81 bits per heavy atom. The fraction of sp³-hybridized carbons (Fsp3) is 0.387. The topological polar surface area (TPSA) is 74.2 Å². The lowest BCUT2D eigenvalue weighted by Crippen LogP contribution is -2.15. The molecular weight excluding hydrogens is 468 g/mol. The highest BCUT2D eigenvalue weighted by molar-refractivity contribution is 5.76. The zero-order chi connectivity index (χ0) is 25.5. The van der Waals surface area contributed by atoms with E-state index in [0.29, 0.717) is 13.2 Å². The van der Waals surface area contributed by atoms with Crippen LogP contribution < -0.4 is 14.2 Å². The Bertz CT molecular complexity index is 1320. The highest BCUT2D eigenvalue weighted by atomic mass is 16.5. The first-order valence-electron chi connectivity index (χ1n) is 13.1. The molecule has 3 atom stereocenters. The highest BCUT2D eigenvalue weighted by Gasteiger charge is 2.30. The fourth-order valence-corrected chi connectivity index (χ4v) is 6.06. The van der Waals surface area contributed by atoms with Crippen molar-refractivity contribution in [3.63, 3.8) is 0 Å². The number of carboxylic acid groups (broad SMARTS) is 1. The molecule has 0 radical (unpaired) electrons. The lowest BCUT2D eigenvalue weighted by molar-refractivity contribution is -0.137. The first kappa shape index (κ1) is 23.9. The van der Waals surface area contributed by atoms with Crippen LogP contribution in [0.15, 0.2) is 48.5 Å². The Kier molecular flexibility index (Phi) is 6.29. The lowest BCUT2D eigenvalue weighted by Gasteiger charge is -2.19. The smallest absolute Gasteiger partial charge is 0.304 e. The molecule has 0 spiro atoms. The third kappa shape index (κ3) is 4.66. The predicted molar refractivity (Wildman–Crippen MR) is 140 cm³/mol. The molecule has 6 heteroatoms. The summed E-state index contributed by atoms with van der Waals surface area (Å²) in [5, 5.41) is 9.16. The van der Waals surface area contributed by atoms with Gasteiger partial charge in [-0.15, -0.1) is 0 Å². The number of hydrogen-bond donors (Lipinski definition) is 1. The number of hydrogen-bond acceptors (Lipinski definition) is 5. The molecule has 0 bridgehead atoms. The van der Waals surface area contributed by atoms with Gasteiger partial charge in [-0.1, -0.05) is 24.3 Å². The van der Waals surface area contributed by atoms with Crippen molar-refractivity contribution in [1.29, 1.82) is 0 Å². The molecule has 3 aliphatic rings. The minimum atomic E-state index is -0.809.